The van der Waals surface area contributed by atoms with E-state index in [4.69, 9.17) is 10.8 Å². The van der Waals surface area contributed by atoms with Gasteiger partial charge in [0.2, 0.25) is 0 Å². The number of unbranched alkanes of at least 4 members (excludes halogenated alkanes) is 2. The van der Waals surface area contributed by atoms with Gasteiger partial charge in [-0.1, -0.05) is 72.0 Å². The van der Waals surface area contributed by atoms with Crippen LogP contribution in [0.15, 0.2) is 35.3 Å². The Balaban J connectivity index is 2.29. The molecule has 47 heavy (non-hydrogen) atoms. The zero-order chi connectivity index (χ0) is 35.7. The van der Waals surface area contributed by atoms with Crippen molar-refractivity contribution in [2.24, 2.45) is 23.2 Å². The fraction of sp³-hybridized carbons (Fsp3) is 0.763. The number of rotatable bonds is 20. The Morgan fingerprint density at radius 1 is 1.09 bits per heavy atom. The number of allylic oxidation sites excluding steroid dienone is 1. The van der Waals surface area contributed by atoms with E-state index in [1.807, 2.05) is 45.8 Å². The van der Waals surface area contributed by atoms with Gasteiger partial charge in [-0.3, -0.25) is 9.69 Å². The van der Waals surface area contributed by atoms with Crippen molar-refractivity contribution in [2.45, 2.75) is 145 Å². The van der Waals surface area contributed by atoms with Crippen LogP contribution in [0.3, 0.4) is 0 Å². The summed E-state index contributed by atoms with van der Waals surface area (Å²) >= 11 is 0. The lowest BCUT2D eigenvalue weighted by atomic mass is 9.74. The van der Waals surface area contributed by atoms with Gasteiger partial charge in [-0.25, -0.2) is 8.78 Å². The molecule has 5 atom stereocenters. The first-order valence-electron chi connectivity index (χ1n) is 17.9. The first-order chi connectivity index (χ1) is 21.9. The first-order valence-corrected chi connectivity index (χ1v) is 17.9. The van der Waals surface area contributed by atoms with Gasteiger partial charge < -0.3 is 26.4 Å². The molecule has 2 saturated carbocycles. The van der Waals surface area contributed by atoms with E-state index in [-0.39, 0.29) is 30.1 Å². The predicted octanol–water partition coefficient (Wildman–Crippen LogP) is 8.89. The molecule has 0 aromatic rings. The quantitative estimate of drug-likeness (QED) is 0.0454. The molecular weight excluding hydrogens is 594 g/mol. The predicted molar refractivity (Wildman–Crippen MR) is 193 cm³/mol. The highest BCUT2D eigenvalue weighted by molar-refractivity contribution is 6.20. The van der Waals surface area contributed by atoms with Crippen LogP contribution in [0, 0.1) is 34.0 Å². The number of carbonyl (C=O) groups is 1. The van der Waals surface area contributed by atoms with E-state index in [1.54, 1.807) is 6.92 Å². The summed E-state index contributed by atoms with van der Waals surface area (Å²) in [6.45, 7) is 24.1. The third-order valence-electron chi connectivity index (χ3n) is 10.4. The lowest BCUT2D eigenvalue weighted by Gasteiger charge is -2.40. The normalized spacial score (nSPS) is 22.4. The van der Waals surface area contributed by atoms with Gasteiger partial charge in [0.1, 0.15) is 6.17 Å². The van der Waals surface area contributed by atoms with E-state index >= 15 is 0 Å². The lowest BCUT2D eigenvalue weighted by Crippen LogP contribution is -2.53. The van der Waals surface area contributed by atoms with Gasteiger partial charge in [0.05, 0.1) is 17.4 Å². The molecule has 268 valence electrons. The second-order valence-electron chi connectivity index (χ2n) is 15.4. The summed E-state index contributed by atoms with van der Waals surface area (Å²) < 4.78 is 29.0. The Labute approximate surface area is 285 Å². The van der Waals surface area contributed by atoms with E-state index in [1.165, 1.54) is 12.8 Å². The molecule has 0 radical (unpaired) electrons. The first kappa shape index (κ1) is 40.6. The van der Waals surface area contributed by atoms with Crippen molar-refractivity contribution >= 4 is 17.3 Å². The second kappa shape index (κ2) is 17.7. The summed E-state index contributed by atoms with van der Waals surface area (Å²) in [6.07, 6.45) is 9.57. The minimum atomic E-state index is -2.64. The number of amides is 1. The van der Waals surface area contributed by atoms with Crippen molar-refractivity contribution < 1.29 is 13.6 Å². The van der Waals surface area contributed by atoms with Crippen LogP contribution in [-0.2, 0) is 4.79 Å². The van der Waals surface area contributed by atoms with E-state index in [0.29, 0.717) is 48.2 Å². The Morgan fingerprint density at radius 2 is 1.72 bits per heavy atom. The zero-order valence-electron chi connectivity index (χ0n) is 31.2. The number of hydrogen-bond acceptors (Lipinski definition) is 6. The molecule has 5 unspecified atom stereocenters. The van der Waals surface area contributed by atoms with Gasteiger partial charge in [-0.05, 0) is 83.6 Å². The molecule has 0 bridgehead atoms. The van der Waals surface area contributed by atoms with E-state index in [2.05, 4.69) is 49.8 Å². The Bertz CT molecular complexity index is 1170. The fourth-order valence-corrected chi connectivity index (χ4v) is 7.39. The smallest absolute Gasteiger partial charge is 0.254 e. The number of nitrogens with one attached hydrogen (secondary N) is 4. The zero-order valence-corrected chi connectivity index (χ0v) is 31.2. The summed E-state index contributed by atoms with van der Waals surface area (Å²) in [5, 5.41) is 23.4. The van der Waals surface area contributed by atoms with Crippen LogP contribution in [0.1, 0.15) is 127 Å². The average Bonchev–Trinajstić information content (AvgIpc) is 3.49. The second-order valence-corrected chi connectivity index (χ2v) is 15.4. The molecule has 1 amide bonds. The summed E-state index contributed by atoms with van der Waals surface area (Å²) in [5.74, 6) is -1.32. The topological polar surface area (TPSA) is 95.3 Å². The van der Waals surface area contributed by atoms with Crippen molar-refractivity contribution in [2.75, 3.05) is 20.1 Å². The number of alkyl halides is 2. The van der Waals surface area contributed by atoms with Crippen molar-refractivity contribution in [3.63, 3.8) is 0 Å². The van der Waals surface area contributed by atoms with Gasteiger partial charge >= 0.3 is 0 Å². The van der Waals surface area contributed by atoms with Gasteiger partial charge in [0.15, 0.2) is 0 Å². The monoisotopic (exact) mass is 661 g/mol. The van der Waals surface area contributed by atoms with E-state index in [0.717, 1.165) is 49.9 Å². The highest BCUT2D eigenvalue weighted by Gasteiger charge is 2.71. The molecular formula is C38H66F2N6O. The maximum atomic E-state index is 14.5. The minimum Gasteiger partial charge on any atom is -0.349 e. The maximum Gasteiger partial charge on any atom is 0.254 e. The molecule has 2 aliphatic carbocycles. The van der Waals surface area contributed by atoms with Gasteiger partial charge in [-0.2, -0.15) is 0 Å². The Morgan fingerprint density at radius 3 is 2.23 bits per heavy atom. The SMILES string of the molecule is C=C(N/C=C(\C)C(NC(=O)C(C(C)=N)=C(C)C)C1CCCC2(C1)CC2(F)F)N(C)C(C(C)=N)N(CCCCCC(C)C)CC(C)CC. The molecule has 0 heterocycles. The van der Waals surface area contributed by atoms with Crippen LogP contribution in [0.2, 0.25) is 0 Å². The van der Waals surface area contributed by atoms with E-state index in [9.17, 15) is 13.6 Å². The summed E-state index contributed by atoms with van der Waals surface area (Å²) in [6, 6.07) is -0.469. The molecule has 1 spiro atoms. The van der Waals surface area contributed by atoms with Crippen LogP contribution < -0.4 is 10.6 Å². The Kier molecular flexibility index (Phi) is 15.3. The minimum absolute atomic E-state index is 0.0756. The van der Waals surface area contributed by atoms with Crippen LogP contribution in [-0.4, -0.2) is 65.4 Å². The lowest BCUT2D eigenvalue weighted by molar-refractivity contribution is -0.118. The van der Waals surface area contributed by atoms with Crippen molar-refractivity contribution in [1.29, 1.82) is 10.8 Å². The molecule has 4 N–H and O–H groups in total. The fourth-order valence-electron chi connectivity index (χ4n) is 7.39. The molecule has 0 saturated heterocycles. The van der Waals surface area contributed by atoms with Crippen molar-refractivity contribution in [1.82, 2.24) is 20.4 Å². The highest BCUT2D eigenvalue weighted by atomic mass is 19.3. The number of halogens is 2. The van der Waals surface area contributed by atoms with Crippen LogP contribution in [0.25, 0.3) is 0 Å². The molecule has 7 nitrogen and oxygen atoms in total. The molecule has 0 aromatic heterocycles. The number of carbonyl (C=O) groups excluding carboxylic acids is 1. The highest BCUT2D eigenvalue weighted by Crippen LogP contribution is 2.68. The Hall–Kier alpha value is -2.55. The number of hydrogen-bond donors (Lipinski definition) is 4. The van der Waals surface area contributed by atoms with Crippen LogP contribution >= 0.6 is 0 Å². The van der Waals surface area contributed by atoms with E-state index < -0.39 is 17.4 Å². The van der Waals surface area contributed by atoms with Gasteiger partial charge in [-0.15, -0.1) is 0 Å². The molecule has 2 rings (SSSR count). The molecule has 0 aromatic carbocycles. The third-order valence-corrected chi connectivity index (χ3v) is 10.4. The average molecular weight is 661 g/mol. The standard InChI is InChI=1S/C38H66F2N6O/c1-12-27(6)23-46(20-15-13-14-17-25(2)3)36(30(9)42)45(11)31(10)43-22-28(7)34(44-35(47)33(26(4)5)29(8)41)32-18-16-19-37(21-32)24-38(37,39)40/h22,25,27,32,34,36,41-43H,10,12-21,23-24H2,1-9,11H3,(H,44,47)/b28-22+,41-29?,42-30?. The van der Waals surface area contributed by atoms with Gasteiger partial charge in [0, 0.05) is 49.6 Å². The maximum absolute atomic E-state index is 14.5. The molecule has 9 heteroatoms. The third kappa shape index (κ3) is 11.3. The number of nitrogens with zero attached hydrogens (tertiary/aromatic N) is 2. The van der Waals surface area contributed by atoms with Crippen LogP contribution in [0.5, 0.6) is 0 Å². The molecule has 2 aliphatic rings. The summed E-state index contributed by atoms with van der Waals surface area (Å²) in [4.78, 5) is 17.9. The van der Waals surface area contributed by atoms with Gasteiger partial charge in [0.25, 0.3) is 11.8 Å². The molecule has 2 fully saturated rings. The largest absolute Gasteiger partial charge is 0.349 e. The molecule has 0 aliphatic heterocycles. The van der Waals surface area contributed by atoms with Crippen molar-refractivity contribution in [3.05, 3.63) is 35.3 Å². The summed E-state index contributed by atoms with van der Waals surface area (Å²) in [7, 11) is 1.96. The van der Waals surface area contributed by atoms with Crippen LogP contribution in [0.4, 0.5) is 8.78 Å². The van der Waals surface area contributed by atoms with Crippen molar-refractivity contribution in [3.8, 4) is 0 Å². The summed E-state index contributed by atoms with van der Waals surface area (Å²) in [5.41, 5.74) is 1.65.